The van der Waals surface area contributed by atoms with E-state index in [0.29, 0.717) is 24.4 Å². The lowest BCUT2D eigenvalue weighted by atomic mass is 10.0. The molecule has 0 aliphatic carbocycles. The molecule has 1 amide bonds. The minimum Gasteiger partial charge on any atom is -0.366 e. The monoisotopic (exact) mass is 289 g/mol. The molecule has 0 saturated carbocycles. The van der Waals surface area contributed by atoms with E-state index < -0.39 is 0 Å². The van der Waals surface area contributed by atoms with Crippen LogP contribution >= 0.6 is 0 Å². The van der Waals surface area contributed by atoms with E-state index in [9.17, 15) is 4.79 Å². The Hall–Kier alpha value is -1.69. The summed E-state index contributed by atoms with van der Waals surface area (Å²) in [6, 6.07) is 4.59. The predicted molar refractivity (Wildman–Crippen MR) is 80.9 cm³/mol. The van der Waals surface area contributed by atoms with Gasteiger partial charge in [-0.05, 0) is 44.4 Å². The van der Waals surface area contributed by atoms with Crippen LogP contribution in [0.4, 0.5) is 5.82 Å². The molecule has 3 heterocycles. The first-order valence-corrected chi connectivity index (χ1v) is 7.86. The van der Waals surface area contributed by atoms with E-state index in [4.69, 9.17) is 0 Å². The standard InChI is InChI=1S/C15H23N5O/c21-15(11-13-3-1-7-16-13)20-9-5-12(6-10-20)18-14-4-2-8-17-19-14/h2,4,8,12-13,16H,1,3,5-7,9-11H2,(H,18,19). The molecule has 3 rings (SSSR count). The topological polar surface area (TPSA) is 70.2 Å². The maximum Gasteiger partial charge on any atom is 0.224 e. The van der Waals surface area contributed by atoms with Crippen LogP contribution in [-0.2, 0) is 4.79 Å². The van der Waals surface area contributed by atoms with Crippen LogP contribution in [0, 0.1) is 0 Å². The Bertz CT molecular complexity index is 452. The van der Waals surface area contributed by atoms with E-state index in [-0.39, 0.29) is 0 Å². The molecule has 1 aromatic rings. The molecule has 2 fully saturated rings. The smallest absolute Gasteiger partial charge is 0.224 e. The summed E-state index contributed by atoms with van der Waals surface area (Å²) in [6.07, 6.45) is 6.60. The Labute approximate surface area is 125 Å². The van der Waals surface area contributed by atoms with Gasteiger partial charge in [0.2, 0.25) is 5.91 Å². The fourth-order valence-electron chi connectivity index (χ4n) is 3.13. The lowest BCUT2D eigenvalue weighted by molar-refractivity contribution is -0.132. The Kier molecular flexibility index (Phi) is 4.65. The van der Waals surface area contributed by atoms with Crippen molar-refractivity contribution >= 4 is 11.7 Å². The van der Waals surface area contributed by atoms with E-state index in [0.717, 1.165) is 44.7 Å². The number of aromatic nitrogens is 2. The van der Waals surface area contributed by atoms with Crippen LogP contribution in [0.25, 0.3) is 0 Å². The fraction of sp³-hybridized carbons (Fsp3) is 0.667. The molecule has 2 aliphatic heterocycles. The summed E-state index contributed by atoms with van der Waals surface area (Å²) in [4.78, 5) is 14.3. The maximum absolute atomic E-state index is 12.3. The maximum atomic E-state index is 12.3. The zero-order valence-corrected chi connectivity index (χ0v) is 12.3. The highest BCUT2D eigenvalue weighted by Gasteiger charge is 2.25. The lowest BCUT2D eigenvalue weighted by Gasteiger charge is -2.33. The third-order valence-corrected chi connectivity index (χ3v) is 4.36. The average molecular weight is 289 g/mol. The molecule has 0 bridgehead atoms. The van der Waals surface area contributed by atoms with E-state index >= 15 is 0 Å². The van der Waals surface area contributed by atoms with Gasteiger partial charge in [-0.15, -0.1) is 5.10 Å². The van der Waals surface area contributed by atoms with Gasteiger partial charge in [-0.3, -0.25) is 4.79 Å². The van der Waals surface area contributed by atoms with Crippen LogP contribution in [0.1, 0.15) is 32.1 Å². The molecule has 6 nitrogen and oxygen atoms in total. The number of nitrogens with one attached hydrogen (secondary N) is 2. The molecular weight excluding hydrogens is 266 g/mol. The molecule has 21 heavy (non-hydrogen) atoms. The quantitative estimate of drug-likeness (QED) is 0.866. The first-order chi connectivity index (χ1) is 10.3. The minimum atomic E-state index is 0.298. The zero-order chi connectivity index (χ0) is 14.5. The number of anilines is 1. The number of likely N-dealkylation sites (tertiary alicyclic amines) is 1. The van der Waals surface area contributed by atoms with Gasteiger partial charge in [-0.25, -0.2) is 0 Å². The van der Waals surface area contributed by atoms with Crippen molar-refractivity contribution in [3.05, 3.63) is 18.3 Å². The Morgan fingerprint density at radius 3 is 2.90 bits per heavy atom. The minimum absolute atomic E-state index is 0.298. The van der Waals surface area contributed by atoms with Crippen LogP contribution in [0.3, 0.4) is 0 Å². The first-order valence-electron chi connectivity index (χ1n) is 7.86. The molecule has 114 valence electrons. The number of carbonyl (C=O) groups is 1. The molecule has 2 saturated heterocycles. The number of rotatable bonds is 4. The van der Waals surface area contributed by atoms with Gasteiger partial charge in [0.25, 0.3) is 0 Å². The van der Waals surface area contributed by atoms with Crippen molar-refractivity contribution in [2.45, 2.75) is 44.2 Å². The summed E-state index contributed by atoms with van der Waals surface area (Å²) in [7, 11) is 0. The van der Waals surface area contributed by atoms with E-state index in [2.05, 4.69) is 20.8 Å². The molecule has 0 spiro atoms. The zero-order valence-electron chi connectivity index (χ0n) is 12.3. The molecule has 1 unspecified atom stereocenters. The highest BCUT2D eigenvalue weighted by molar-refractivity contribution is 5.77. The van der Waals surface area contributed by atoms with Gasteiger partial charge >= 0.3 is 0 Å². The summed E-state index contributed by atoms with van der Waals surface area (Å²) in [5, 5.41) is 14.7. The van der Waals surface area contributed by atoms with Crippen LogP contribution in [-0.4, -0.2) is 52.7 Å². The van der Waals surface area contributed by atoms with Gasteiger partial charge < -0.3 is 15.5 Å². The third-order valence-electron chi connectivity index (χ3n) is 4.36. The second-order valence-corrected chi connectivity index (χ2v) is 5.91. The van der Waals surface area contributed by atoms with Crippen molar-refractivity contribution in [1.29, 1.82) is 0 Å². The number of hydrogen-bond acceptors (Lipinski definition) is 5. The number of piperidine rings is 1. The molecule has 2 N–H and O–H groups in total. The van der Waals surface area contributed by atoms with Crippen molar-refractivity contribution < 1.29 is 4.79 Å². The second kappa shape index (κ2) is 6.85. The molecule has 1 aromatic heterocycles. The Morgan fingerprint density at radius 2 is 2.24 bits per heavy atom. The SMILES string of the molecule is O=C(CC1CCCN1)N1CCC(Nc2cccnn2)CC1. The van der Waals surface area contributed by atoms with Crippen LogP contribution in [0.2, 0.25) is 0 Å². The molecule has 0 radical (unpaired) electrons. The second-order valence-electron chi connectivity index (χ2n) is 5.91. The normalized spacial score (nSPS) is 23.2. The van der Waals surface area contributed by atoms with Crippen LogP contribution in [0.5, 0.6) is 0 Å². The van der Waals surface area contributed by atoms with Gasteiger partial charge in [0.05, 0.1) is 0 Å². The van der Waals surface area contributed by atoms with Gasteiger partial charge in [0, 0.05) is 37.8 Å². The average Bonchev–Trinajstić information content (AvgIpc) is 3.02. The fourth-order valence-corrected chi connectivity index (χ4v) is 3.13. The molecule has 0 aromatic carbocycles. The third kappa shape index (κ3) is 3.91. The van der Waals surface area contributed by atoms with Crippen molar-refractivity contribution in [3.63, 3.8) is 0 Å². The van der Waals surface area contributed by atoms with Gasteiger partial charge in [0.1, 0.15) is 5.82 Å². The Balaban J connectivity index is 1.43. The highest BCUT2D eigenvalue weighted by Crippen LogP contribution is 2.17. The van der Waals surface area contributed by atoms with Crippen molar-refractivity contribution in [2.24, 2.45) is 0 Å². The largest absolute Gasteiger partial charge is 0.366 e. The van der Waals surface area contributed by atoms with Crippen LogP contribution in [0.15, 0.2) is 18.3 Å². The predicted octanol–water partition coefficient (Wildman–Crippen LogP) is 1.02. The van der Waals surface area contributed by atoms with Crippen molar-refractivity contribution in [2.75, 3.05) is 25.0 Å². The van der Waals surface area contributed by atoms with Crippen molar-refractivity contribution in [1.82, 2.24) is 20.4 Å². The summed E-state index contributed by atoms with van der Waals surface area (Å²) in [6.45, 7) is 2.73. The van der Waals surface area contributed by atoms with E-state index in [1.54, 1.807) is 6.20 Å². The van der Waals surface area contributed by atoms with Gasteiger partial charge in [0.15, 0.2) is 0 Å². The number of nitrogens with zero attached hydrogens (tertiary/aromatic N) is 3. The van der Waals surface area contributed by atoms with Crippen LogP contribution < -0.4 is 10.6 Å². The number of amides is 1. The molecular formula is C15H23N5O. The summed E-state index contributed by atoms with van der Waals surface area (Å²) < 4.78 is 0. The molecule has 1 atom stereocenters. The Morgan fingerprint density at radius 1 is 1.38 bits per heavy atom. The summed E-state index contributed by atoms with van der Waals surface area (Å²) in [5.74, 6) is 1.12. The first kappa shape index (κ1) is 14.3. The molecule has 2 aliphatic rings. The molecule has 6 heteroatoms. The summed E-state index contributed by atoms with van der Waals surface area (Å²) in [5.41, 5.74) is 0. The lowest BCUT2D eigenvalue weighted by Crippen LogP contribution is -2.44. The number of carbonyl (C=O) groups excluding carboxylic acids is 1. The van der Waals surface area contributed by atoms with Gasteiger partial charge in [-0.1, -0.05) is 0 Å². The number of hydrogen-bond donors (Lipinski definition) is 2. The van der Waals surface area contributed by atoms with E-state index in [1.807, 2.05) is 17.0 Å². The highest BCUT2D eigenvalue weighted by atomic mass is 16.2. The van der Waals surface area contributed by atoms with Crippen molar-refractivity contribution in [3.8, 4) is 0 Å². The summed E-state index contributed by atoms with van der Waals surface area (Å²) >= 11 is 0. The van der Waals surface area contributed by atoms with E-state index in [1.165, 1.54) is 6.42 Å². The van der Waals surface area contributed by atoms with Gasteiger partial charge in [-0.2, -0.15) is 5.10 Å².